The van der Waals surface area contributed by atoms with E-state index in [-0.39, 0.29) is 11.8 Å². The summed E-state index contributed by atoms with van der Waals surface area (Å²) < 4.78 is 0. The van der Waals surface area contributed by atoms with Crippen LogP contribution in [0.2, 0.25) is 0 Å². The van der Waals surface area contributed by atoms with Crippen LogP contribution < -0.4 is 15.5 Å². The summed E-state index contributed by atoms with van der Waals surface area (Å²) in [7, 11) is 0. The Hall–Kier alpha value is -2.82. The normalized spacial score (nSPS) is 10.2. The molecule has 0 atom stereocenters. The van der Waals surface area contributed by atoms with Crippen molar-refractivity contribution in [3.05, 3.63) is 60.2 Å². The summed E-state index contributed by atoms with van der Waals surface area (Å²) in [6.07, 6.45) is 0.873. The number of hydrogen-bond acceptors (Lipinski definition) is 3. The molecule has 2 aromatic rings. The van der Waals surface area contributed by atoms with E-state index in [2.05, 4.69) is 34.6 Å². The molecule has 25 heavy (non-hydrogen) atoms. The number of carbonyl (C=O) groups is 2. The van der Waals surface area contributed by atoms with E-state index < -0.39 is 0 Å². The summed E-state index contributed by atoms with van der Waals surface area (Å²) in [5, 5.41) is 5.62. The van der Waals surface area contributed by atoms with E-state index in [0.717, 1.165) is 19.5 Å². The van der Waals surface area contributed by atoms with Crippen molar-refractivity contribution in [3.8, 4) is 0 Å². The van der Waals surface area contributed by atoms with Gasteiger partial charge in [-0.1, -0.05) is 18.2 Å². The number of carbonyl (C=O) groups excluding carboxylic acids is 2. The van der Waals surface area contributed by atoms with E-state index in [1.165, 1.54) is 12.6 Å². The molecule has 0 spiro atoms. The van der Waals surface area contributed by atoms with Gasteiger partial charge in [-0.2, -0.15) is 0 Å². The summed E-state index contributed by atoms with van der Waals surface area (Å²) in [6.45, 7) is 6.03. The molecular weight excluding hydrogens is 314 g/mol. The largest absolute Gasteiger partial charge is 0.372 e. The van der Waals surface area contributed by atoms with Gasteiger partial charge in [0.15, 0.2) is 0 Å². The first-order valence-corrected chi connectivity index (χ1v) is 8.56. The highest BCUT2D eigenvalue weighted by molar-refractivity contribution is 5.95. The fourth-order valence-corrected chi connectivity index (χ4v) is 2.59. The number of hydrogen-bond donors (Lipinski definition) is 2. The Kier molecular flexibility index (Phi) is 7.01. The molecule has 0 aromatic heterocycles. The van der Waals surface area contributed by atoms with Crippen molar-refractivity contribution in [3.63, 3.8) is 0 Å². The lowest BCUT2D eigenvalue weighted by atomic mass is 10.2. The highest BCUT2D eigenvalue weighted by atomic mass is 16.2. The summed E-state index contributed by atoms with van der Waals surface area (Å²) in [4.78, 5) is 25.4. The third kappa shape index (κ3) is 5.95. The van der Waals surface area contributed by atoms with E-state index in [1.807, 2.05) is 18.2 Å². The van der Waals surface area contributed by atoms with E-state index in [9.17, 15) is 9.59 Å². The maximum absolute atomic E-state index is 12.2. The molecule has 0 aliphatic rings. The Morgan fingerprint density at radius 2 is 1.68 bits per heavy atom. The summed E-state index contributed by atoms with van der Waals surface area (Å²) in [6, 6.07) is 17.1. The predicted molar refractivity (Wildman–Crippen MR) is 102 cm³/mol. The minimum Gasteiger partial charge on any atom is -0.372 e. The molecule has 0 heterocycles. The van der Waals surface area contributed by atoms with Gasteiger partial charge in [-0.3, -0.25) is 9.59 Å². The van der Waals surface area contributed by atoms with Crippen molar-refractivity contribution in [1.29, 1.82) is 0 Å². The fraction of sp³-hybridized carbons (Fsp3) is 0.300. The number of anilines is 2. The van der Waals surface area contributed by atoms with Crippen molar-refractivity contribution < 1.29 is 9.59 Å². The monoisotopic (exact) mass is 339 g/mol. The molecule has 2 N–H and O–H groups in total. The zero-order valence-corrected chi connectivity index (χ0v) is 14.8. The van der Waals surface area contributed by atoms with Gasteiger partial charge in [0.1, 0.15) is 0 Å². The molecule has 0 saturated carbocycles. The van der Waals surface area contributed by atoms with Gasteiger partial charge in [-0.15, -0.1) is 0 Å². The number of benzene rings is 2. The van der Waals surface area contributed by atoms with Crippen molar-refractivity contribution in [2.75, 3.05) is 29.9 Å². The first-order chi connectivity index (χ1) is 12.1. The molecule has 0 aliphatic heterocycles. The van der Waals surface area contributed by atoms with E-state index in [1.54, 1.807) is 24.3 Å². The molecule has 0 aliphatic carbocycles. The van der Waals surface area contributed by atoms with Crippen LogP contribution in [0.4, 0.5) is 11.4 Å². The first-order valence-electron chi connectivity index (χ1n) is 8.56. The van der Waals surface area contributed by atoms with Crippen molar-refractivity contribution >= 4 is 23.2 Å². The van der Waals surface area contributed by atoms with Gasteiger partial charge in [0.25, 0.3) is 5.91 Å². The second-order valence-electron chi connectivity index (χ2n) is 5.78. The third-order valence-corrected chi connectivity index (χ3v) is 3.86. The Morgan fingerprint density at radius 3 is 2.28 bits per heavy atom. The number of para-hydroxylation sites is 1. The van der Waals surface area contributed by atoms with Crippen LogP contribution in [0.3, 0.4) is 0 Å². The molecule has 5 nitrogen and oxygen atoms in total. The summed E-state index contributed by atoms with van der Waals surface area (Å²) in [5.74, 6) is -0.228. The topological polar surface area (TPSA) is 61.4 Å². The van der Waals surface area contributed by atoms with Crippen molar-refractivity contribution in [2.24, 2.45) is 0 Å². The number of amides is 2. The molecule has 2 rings (SSSR count). The zero-order valence-electron chi connectivity index (χ0n) is 14.8. The van der Waals surface area contributed by atoms with Gasteiger partial charge in [0.2, 0.25) is 5.91 Å². The van der Waals surface area contributed by atoms with Crippen LogP contribution in [-0.4, -0.2) is 31.4 Å². The van der Waals surface area contributed by atoms with E-state index >= 15 is 0 Å². The average Bonchev–Trinajstić information content (AvgIpc) is 2.62. The van der Waals surface area contributed by atoms with Gasteiger partial charge in [-0.25, -0.2) is 0 Å². The van der Waals surface area contributed by atoms with Gasteiger partial charge < -0.3 is 15.5 Å². The van der Waals surface area contributed by atoms with Crippen LogP contribution in [0, 0.1) is 0 Å². The maximum atomic E-state index is 12.2. The van der Waals surface area contributed by atoms with Crippen LogP contribution in [0.25, 0.3) is 0 Å². The van der Waals surface area contributed by atoms with Crippen LogP contribution in [0.15, 0.2) is 54.6 Å². The first kappa shape index (κ1) is 18.5. The minimum atomic E-state index is -0.129. The number of nitrogens with zero attached hydrogens (tertiary/aromatic N) is 1. The highest BCUT2D eigenvalue weighted by Gasteiger charge is 2.07. The lowest BCUT2D eigenvalue weighted by Gasteiger charge is -2.23. The Labute approximate surface area is 149 Å². The van der Waals surface area contributed by atoms with Gasteiger partial charge >= 0.3 is 0 Å². The fourth-order valence-electron chi connectivity index (χ4n) is 2.59. The SMILES string of the molecule is CCN(CCCNC(=O)c1ccc(NC(C)=O)cc1)c1ccccc1. The second kappa shape index (κ2) is 9.47. The van der Waals surface area contributed by atoms with Gasteiger partial charge in [0, 0.05) is 43.5 Å². The minimum absolute atomic E-state index is 0.0999. The van der Waals surface area contributed by atoms with E-state index in [0.29, 0.717) is 17.8 Å². The second-order valence-corrected chi connectivity index (χ2v) is 5.78. The molecule has 0 fully saturated rings. The predicted octanol–water partition coefficient (Wildman–Crippen LogP) is 3.29. The lowest BCUT2D eigenvalue weighted by Crippen LogP contribution is -2.29. The standard InChI is InChI=1S/C20H25N3O2/c1-3-23(19-8-5-4-6-9-19)15-7-14-21-20(25)17-10-12-18(13-11-17)22-16(2)24/h4-6,8-13H,3,7,14-15H2,1-2H3,(H,21,25)(H,22,24). The highest BCUT2D eigenvalue weighted by Crippen LogP contribution is 2.13. The lowest BCUT2D eigenvalue weighted by molar-refractivity contribution is -0.114. The molecule has 132 valence electrons. The molecule has 0 bridgehead atoms. The van der Waals surface area contributed by atoms with Crippen LogP contribution >= 0.6 is 0 Å². The number of rotatable bonds is 8. The Bertz CT molecular complexity index is 684. The molecule has 2 amide bonds. The average molecular weight is 339 g/mol. The molecule has 5 heteroatoms. The summed E-state index contributed by atoms with van der Waals surface area (Å²) in [5.41, 5.74) is 2.47. The molecule has 0 unspecified atom stereocenters. The van der Waals surface area contributed by atoms with Crippen LogP contribution in [0.5, 0.6) is 0 Å². The quantitative estimate of drug-likeness (QED) is 0.726. The Balaban J connectivity index is 1.77. The number of nitrogens with one attached hydrogen (secondary N) is 2. The zero-order chi connectivity index (χ0) is 18.1. The Morgan fingerprint density at radius 1 is 1.00 bits per heavy atom. The molecule has 0 saturated heterocycles. The third-order valence-electron chi connectivity index (χ3n) is 3.86. The van der Waals surface area contributed by atoms with Crippen molar-refractivity contribution in [1.82, 2.24) is 5.32 Å². The van der Waals surface area contributed by atoms with Crippen LogP contribution in [-0.2, 0) is 4.79 Å². The van der Waals surface area contributed by atoms with Crippen LogP contribution in [0.1, 0.15) is 30.6 Å². The van der Waals surface area contributed by atoms with Gasteiger partial charge in [-0.05, 0) is 49.7 Å². The molecule has 0 radical (unpaired) electrons. The van der Waals surface area contributed by atoms with Gasteiger partial charge in [0.05, 0.1) is 0 Å². The molecule has 2 aromatic carbocycles. The molecular formula is C20H25N3O2. The smallest absolute Gasteiger partial charge is 0.251 e. The van der Waals surface area contributed by atoms with Crippen molar-refractivity contribution in [2.45, 2.75) is 20.3 Å². The maximum Gasteiger partial charge on any atom is 0.251 e. The van der Waals surface area contributed by atoms with E-state index in [4.69, 9.17) is 0 Å². The summed E-state index contributed by atoms with van der Waals surface area (Å²) >= 11 is 0.